The lowest BCUT2D eigenvalue weighted by Gasteiger charge is -2.38. The molecule has 4 rings (SSSR count). The Hall–Kier alpha value is -2.97. The standard InChI is InChI=1S/C13H13N7O2/c21-13(10-1-4-22-9-10)18-7-12(8-18)19-5-11(16-17-19)6-20-14-2-3-15-20/h1-5,9,12H,6-8H2. The van der Waals surface area contributed by atoms with Crippen molar-refractivity contribution in [3.8, 4) is 0 Å². The van der Waals surface area contributed by atoms with Crippen LogP contribution in [0.4, 0.5) is 0 Å². The molecule has 1 aliphatic heterocycles. The van der Waals surface area contributed by atoms with E-state index < -0.39 is 0 Å². The first-order valence-electron chi connectivity index (χ1n) is 6.86. The van der Waals surface area contributed by atoms with Gasteiger partial charge in [-0.25, -0.2) is 4.68 Å². The number of carbonyl (C=O) groups excluding carboxylic acids is 1. The molecule has 0 N–H and O–H groups in total. The first kappa shape index (κ1) is 12.7. The molecule has 0 bridgehead atoms. The Balaban J connectivity index is 1.37. The molecule has 3 aromatic rings. The van der Waals surface area contributed by atoms with E-state index in [1.807, 2.05) is 6.20 Å². The third kappa shape index (κ3) is 2.26. The van der Waals surface area contributed by atoms with Crippen LogP contribution >= 0.6 is 0 Å². The Labute approximate surface area is 125 Å². The maximum absolute atomic E-state index is 12.1. The maximum Gasteiger partial charge on any atom is 0.257 e. The number of hydrogen-bond donors (Lipinski definition) is 0. The highest BCUT2D eigenvalue weighted by molar-refractivity contribution is 5.94. The van der Waals surface area contributed by atoms with Gasteiger partial charge in [-0.3, -0.25) is 4.79 Å². The van der Waals surface area contributed by atoms with Crippen molar-refractivity contribution in [2.75, 3.05) is 13.1 Å². The number of carbonyl (C=O) groups is 1. The van der Waals surface area contributed by atoms with E-state index in [-0.39, 0.29) is 11.9 Å². The quantitative estimate of drug-likeness (QED) is 0.683. The summed E-state index contributed by atoms with van der Waals surface area (Å²) in [7, 11) is 0. The van der Waals surface area contributed by atoms with Crippen LogP contribution in [-0.2, 0) is 6.54 Å². The summed E-state index contributed by atoms with van der Waals surface area (Å²) >= 11 is 0. The number of aromatic nitrogens is 6. The Kier molecular flexibility index (Phi) is 2.95. The van der Waals surface area contributed by atoms with Gasteiger partial charge in [0.1, 0.15) is 18.5 Å². The van der Waals surface area contributed by atoms with Crippen LogP contribution in [0.15, 0.2) is 41.6 Å². The molecule has 0 unspecified atom stereocenters. The summed E-state index contributed by atoms with van der Waals surface area (Å²) in [4.78, 5) is 15.4. The predicted octanol–water partition coefficient (Wildman–Crippen LogP) is 0.208. The summed E-state index contributed by atoms with van der Waals surface area (Å²) < 4.78 is 6.72. The van der Waals surface area contributed by atoms with Crippen molar-refractivity contribution in [2.45, 2.75) is 12.6 Å². The van der Waals surface area contributed by atoms with Crippen molar-refractivity contribution in [2.24, 2.45) is 0 Å². The van der Waals surface area contributed by atoms with Gasteiger partial charge < -0.3 is 9.32 Å². The summed E-state index contributed by atoms with van der Waals surface area (Å²) in [5.41, 5.74) is 1.36. The zero-order chi connectivity index (χ0) is 14.9. The second kappa shape index (κ2) is 5.10. The molecule has 4 heterocycles. The molecule has 3 aromatic heterocycles. The van der Waals surface area contributed by atoms with Gasteiger partial charge in [0, 0.05) is 13.1 Å². The zero-order valence-electron chi connectivity index (χ0n) is 11.6. The molecule has 0 radical (unpaired) electrons. The molecule has 0 aromatic carbocycles. The van der Waals surface area contributed by atoms with Crippen molar-refractivity contribution in [3.63, 3.8) is 0 Å². The first-order chi connectivity index (χ1) is 10.8. The third-order valence-corrected chi connectivity index (χ3v) is 3.62. The molecule has 0 aliphatic carbocycles. The molecular weight excluding hydrogens is 286 g/mol. The zero-order valence-corrected chi connectivity index (χ0v) is 11.6. The normalized spacial score (nSPS) is 15.0. The van der Waals surface area contributed by atoms with Gasteiger partial charge in [-0.15, -0.1) is 5.10 Å². The van der Waals surface area contributed by atoms with Gasteiger partial charge in [-0.05, 0) is 6.07 Å². The highest BCUT2D eigenvalue weighted by Gasteiger charge is 2.33. The van der Waals surface area contributed by atoms with E-state index in [1.165, 1.54) is 12.5 Å². The van der Waals surface area contributed by atoms with Crippen LogP contribution in [0.2, 0.25) is 0 Å². The van der Waals surface area contributed by atoms with Crippen molar-refractivity contribution in [1.29, 1.82) is 0 Å². The van der Waals surface area contributed by atoms with Crippen LogP contribution in [0.1, 0.15) is 22.1 Å². The lowest BCUT2D eigenvalue weighted by molar-refractivity contribution is 0.0497. The summed E-state index contributed by atoms with van der Waals surface area (Å²) in [6.45, 7) is 1.72. The van der Waals surface area contributed by atoms with E-state index in [0.29, 0.717) is 25.2 Å². The molecule has 0 saturated carbocycles. The monoisotopic (exact) mass is 299 g/mol. The number of rotatable bonds is 4. The number of amides is 1. The minimum absolute atomic E-state index is 0.0221. The average molecular weight is 299 g/mol. The molecule has 22 heavy (non-hydrogen) atoms. The van der Waals surface area contributed by atoms with Crippen molar-refractivity contribution in [3.05, 3.63) is 48.4 Å². The molecule has 1 saturated heterocycles. The van der Waals surface area contributed by atoms with E-state index in [9.17, 15) is 4.79 Å². The Morgan fingerprint density at radius 3 is 2.86 bits per heavy atom. The largest absolute Gasteiger partial charge is 0.472 e. The molecule has 1 fully saturated rings. The van der Waals surface area contributed by atoms with Crippen molar-refractivity contribution >= 4 is 5.91 Å². The van der Waals surface area contributed by atoms with Gasteiger partial charge >= 0.3 is 0 Å². The van der Waals surface area contributed by atoms with E-state index in [4.69, 9.17) is 4.42 Å². The van der Waals surface area contributed by atoms with Gasteiger partial charge in [0.2, 0.25) is 0 Å². The average Bonchev–Trinajstić information content (AvgIpc) is 3.19. The summed E-state index contributed by atoms with van der Waals surface area (Å²) in [5, 5.41) is 16.3. The number of nitrogens with zero attached hydrogens (tertiary/aromatic N) is 7. The summed E-state index contributed by atoms with van der Waals surface area (Å²) in [6, 6.07) is 1.82. The summed E-state index contributed by atoms with van der Waals surface area (Å²) in [6.07, 6.45) is 8.07. The molecule has 9 nitrogen and oxygen atoms in total. The number of furan rings is 1. The molecular formula is C13H13N7O2. The smallest absolute Gasteiger partial charge is 0.257 e. The Morgan fingerprint density at radius 2 is 2.14 bits per heavy atom. The minimum Gasteiger partial charge on any atom is -0.472 e. The van der Waals surface area contributed by atoms with Crippen LogP contribution in [-0.4, -0.2) is 53.9 Å². The fourth-order valence-electron chi connectivity index (χ4n) is 2.39. The molecule has 0 atom stereocenters. The molecule has 112 valence electrons. The van der Waals surface area contributed by atoms with Gasteiger partial charge in [0.25, 0.3) is 5.91 Å². The topological polar surface area (TPSA) is 94.9 Å². The van der Waals surface area contributed by atoms with Crippen LogP contribution in [0, 0.1) is 0 Å². The second-order valence-corrected chi connectivity index (χ2v) is 5.13. The highest BCUT2D eigenvalue weighted by atomic mass is 16.3. The van der Waals surface area contributed by atoms with Gasteiger partial charge in [-0.2, -0.15) is 15.0 Å². The fraction of sp³-hybridized carbons (Fsp3) is 0.308. The molecule has 0 spiro atoms. The lowest BCUT2D eigenvalue weighted by atomic mass is 10.1. The van der Waals surface area contributed by atoms with Crippen molar-refractivity contribution < 1.29 is 9.21 Å². The van der Waals surface area contributed by atoms with Crippen LogP contribution in [0.25, 0.3) is 0 Å². The molecule has 1 amide bonds. The molecule has 1 aliphatic rings. The van der Waals surface area contributed by atoms with Gasteiger partial charge in [0.05, 0.1) is 36.5 Å². The van der Waals surface area contributed by atoms with Gasteiger partial charge in [-0.1, -0.05) is 5.21 Å². The highest BCUT2D eigenvalue weighted by Crippen LogP contribution is 2.22. The second-order valence-electron chi connectivity index (χ2n) is 5.13. The van der Waals surface area contributed by atoms with E-state index in [2.05, 4.69) is 20.5 Å². The Morgan fingerprint density at radius 1 is 1.32 bits per heavy atom. The van der Waals surface area contributed by atoms with E-state index >= 15 is 0 Å². The lowest BCUT2D eigenvalue weighted by Crippen LogP contribution is -2.50. The van der Waals surface area contributed by atoms with E-state index in [0.717, 1.165) is 5.69 Å². The van der Waals surface area contributed by atoms with Crippen LogP contribution in [0.5, 0.6) is 0 Å². The number of likely N-dealkylation sites (tertiary alicyclic amines) is 1. The number of hydrogen-bond acceptors (Lipinski definition) is 6. The Bertz CT molecular complexity index is 756. The van der Waals surface area contributed by atoms with Crippen LogP contribution < -0.4 is 0 Å². The first-order valence-corrected chi connectivity index (χ1v) is 6.86. The molecule has 9 heteroatoms. The van der Waals surface area contributed by atoms with E-state index in [1.54, 1.807) is 32.8 Å². The predicted molar refractivity (Wildman–Crippen MR) is 72.8 cm³/mol. The SMILES string of the molecule is O=C(c1ccoc1)N1CC(n2cc(Cn3nccn3)nn2)C1. The van der Waals surface area contributed by atoms with Crippen LogP contribution in [0.3, 0.4) is 0 Å². The van der Waals surface area contributed by atoms with Crippen molar-refractivity contribution in [1.82, 2.24) is 34.9 Å². The summed E-state index contributed by atoms with van der Waals surface area (Å²) in [5.74, 6) is -0.0221. The fourth-order valence-corrected chi connectivity index (χ4v) is 2.39. The van der Waals surface area contributed by atoms with Gasteiger partial charge in [0.15, 0.2) is 0 Å². The maximum atomic E-state index is 12.1. The minimum atomic E-state index is -0.0221. The third-order valence-electron chi connectivity index (χ3n) is 3.62.